The predicted molar refractivity (Wildman–Crippen MR) is 101 cm³/mol. The molecule has 132 valence electrons. The Morgan fingerprint density at radius 3 is 2.60 bits per heavy atom. The summed E-state index contributed by atoms with van der Waals surface area (Å²) in [5.41, 5.74) is 0.0443. The van der Waals surface area contributed by atoms with Crippen LogP contribution in [0.25, 0.3) is 0 Å². The highest BCUT2D eigenvalue weighted by Gasteiger charge is 2.28. The highest BCUT2D eigenvalue weighted by Crippen LogP contribution is 2.35. The van der Waals surface area contributed by atoms with Crippen LogP contribution in [0.1, 0.15) is 23.2 Å². The smallest absolute Gasteiger partial charge is 0.253 e. The van der Waals surface area contributed by atoms with Gasteiger partial charge in [-0.15, -0.1) is 0 Å². The van der Waals surface area contributed by atoms with Gasteiger partial charge in [-0.2, -0.15) is 4.39 Å². The molecule has 3 rings (SSSR count). The van der Waals surface area contributed by atoms with E-state index in [0.717, 1.165) is 16.4 Å². The van der Waals surface area contributed by atoms with E-state index in [1.165, 1.54) is 13.2 Å². The highest BCUT2D eigenvalue weighted by molar-refractivity contribution is 14.1. The van der Waals surface area contributed by atoms with Gasteiger partial charge in [-0.05, 0) is 59.7 Å². The Morgan fingerprint density at radius 1 is 1.28 bits per heavy atom. The first-order valence-corrected chi connectivity index (χ1v) is 8.95. The maximum atomic E-state index is 14.6. The molecule has 2 aromatic carbocycles. The number of hydrogen-bond donors (Lipinski definition) is 2. The average Bonchev–Trinajstić information content (AvgIpc) is 3.38. The molecule has 0 bridgehead atoms. The number of methoxy groups -OCH3 is 1. The number of benzene rings is 2. The minimum atomic E-state index is -1.20. The van der Waals surface area contributed by atoms with Crippen molar-refractivity contribution < 1.29 is 18.3 Å². The SMILES string of the molecule is COc1cc(C(=O)NC2CC2)c(Nc2ccc(I)cc2Cl)c(F)c1F. The van der Waals surface area contributed by atoms with Crippen LogP contribution in [0.2, 0.25) is 5.02 Å². The van der Waals surface area contributed by atoms with Gasteiger partial charge in [0.25, 0.3) is 5.91 Å². The van der Waals surface area contributed by atoms with Gasteiger partial charge in [-0.25, -0.2) is 4.39 Å². The maximum absolute atomic E-state index is 14.6. The first-order valence-electron chi connectivity index (χ1n) is 7.49. The van der Waals surface area contributed by atoms with Crippen molar-refractivity contribution in [2.45, 2.75) is 18.9 Å². The summed E-state index contributed by atoms with van der Waals surface area (Å²) in [5.74, 6) is -3.20. The lowest BCUT2D eigenvalue weighted by atomic mass is 10.1. The van der Waals surface area contributed by atoms with E-state index in [-0.39, 0.29) is 23.0 Å². The quantitative estimate of drug-likeness (QED) is 0.603. The second kappa shape index (κ2) is 7.33. The van der Waals surface area contributed by atoms with Crippen molar-refractivity contribution in [2.75, 3.05) is 12.4 Å². The standard InChI is InChI=1S/C17H14ClF2IN2O2/c1-25-13-7-10(17(24)22-9-3-4-9)16(15(20)14(13)19)23-12-5-2-8(21)6-11(12)18/h2,5-7,9,23H,3-4H2,1H3,(H,22,24). The van der Waals surface area contributed by atoms with Gasteiger partial charge >= 0.3 is 0 Å². The molecule has 0 radical (unpaired) electrons. The van der Waals surface area contributed by atoms with Crippen LogP contribution < -0.4 is 15.4 Å². The van der Waals surface area contributed by atoms with Gasteiger partial charge in [-0.1, -0.05) is 11.6 Å². The van der Waals surface area contributed by atoms with Crippen molar-refractivity contribution >= 4 is 51.5 Å². The number of hydrogen-bond acceptors (Lipinski definition) is 3. The molecule has 2 aromatic rings. The molecule has 25 heavy (non-hydrogen) atoms. The van der Waals surface area contributed by atoms with Crippen molar-refractivity contribution in [3.63, 3.8) is 0 Å². The van der Waals surface area contributed by atoms with Gasteiger partial charge in [0.05, 0.1) is 29.1 Å². The minimum Gasteiger partial charge on any atom is -0.494 e. The number of amides is 1. The molecule has 0 spiro atoms. The van der Waals surface area contributed by atoms with E-state index in [9.17, 15) is 13.6 Å². The number of nitrogens with one attached hydrogen (secondary N) is 2. The zero-order valence-corrected chi connectivity index (χ0v) is 16.0. The molecule has 0 unspecified atom stereocenters. The lowest BCUT2D eigenvalue weighted by Gasteiger charge is -2.16. The van der Waals surface area contributed by atoms with Crippen molar-refractivity contribution in [1.29, 1.82) is 0 Å². The van der Waals surface area contributed by atoms with E-state index >= 15 is 0 Å². The van der Waals surface area contributed by atoms with Gasteiger partial charge in [-0.3, -0.25) is 4.79 Å². The molecule has 0 aliphatic heterocycles. The van der Waals surface area contributed by atoms with Gasteiger partial charge in [0.15, 0.2) is 11.6 Å². The summed E-state index contributed by atoms with van der Waals surface area (Å²) in [6.07, 6.45) is 1.75. The van der Waals surface area contributed by atoms with Crippen LogP contribution in [0.3, 0.4) is 0 Å². The Bertz CT molecular complexity index is 844. The van der Waals surface area contributed by atoms with Gasteiger partial charge in [0.1, 0.15) is 0 Å². The van der Waals surface area contributed by atoms with Gasteiger partial charge < -0.3 is 15.4 Å². The van der Waals surface area contributed by atoms with E-state index < -0.39 is 17.5 Å². The summed E-state index contributed by atoms with van der Waals surface area (Å²) in [4.78, 5) is 12.4. The second-order valence-electron chi connectivity index (χ2n) is 5.63. The van der Waals surface area contributed by atoms with Crippen LogP contribution in [0, 0.1) is 15.2 Å². The molecular weight excluding hydrogens is 465 g/mol. The molecule has 0 saturated heterocycles. The molecule has 1 saturated carbocycles. The number of ether oxygens (including phenoxy) is 1. The zero-order valence-electron chi connectivity index (χ0n) is 13.1. The topological polar surface area (TPSA) is 50.4 Å². The lowest BCUT2D eigenvalue weighted by molar-refractivity contribution is 0.0951. The van der Waals surface area contributed by atoms with Gasteiger partial charge in [0, 0.05) is 9.61 Å². The van der Waals surface area contributed by atoms with Crippen LogP contribution in [-0.4, -0.2) is 19.1 Å². The van der Waals surface area contributed by atoms with Crippen LogP contribution in [-0.2, 0) is 0 Å². The molecule has 0 aromatic heterocycles. The fraction of sp³-hybridized carbons (Fsp3) is 0.235. The fourth-order valence-electron chi connectivity index (χ4n) is 2.27. The number of halogens is 4. The van der Waals surface area contributed by atoms with Crippen LogP contribution in [0.5, 0.6) is 5.75 Å². The summed E-state index contributed by atoms with van der Waals surface area (Å²) >= 11 is 8.23. The van der Waals surface area contributed by atoms with Crippen molar-refractivity contribution in [2.24, 2.45) is 0 Å². The summed E-state index contributed by atoms with van der Waals surface area (Å²) in [5, 5.41) is 5.83. The molecule has 0 atom stereocenters. The van der Waals surface area contributed by atoms with Crippen LogP contribution in [0.4, 0.5) is 20.2 Å². The lowest BCUT2D eigenvalue weighted by Crippen LogP contribution is -2.26. The maximum Gasteiger partial charge on any atom is 0.253 e. The molecule has 1 amide bonds. The molecule has 1 fully saturated rings. The zero-order chi connectivity index (χ0) is 18.1. The molecule has 1 aliphatic rings. The summed E-state index contributed by atoms with van der Waals surface area (Å²) in [6.45, 7) is 0. The molecular formula is C17H14ClF2IN2O2. The van der Waals surface area contributed by atoms with Crippen LogP contribution in [0.15, 0.2) is 24.3 Å². The van der Waals surface area contributed by atoms with E-state index in [0.29, 0.717) is 10.7 Å². The highest BCUT2D eigenvalue weighted by atomic mass is 127. The third-order valence-electron chi connectivity index (χ3n) is 3.74. The second-order valence-corrected chi connectivity index (χ2v) is 7.28. The number of rotatable bonds is 5. The third kappa shape index (κ3) is 3.98. The number of carbonyl (C=O) groups is 1. The van der Waals surface area contributed by atoms with Crippen LogP contribution >= 0.6 is 34.2 Å². The molecule has 8 heteroatoms. The van der Waals surface area contributed by atoms with Crippen molar-refractivity contribution in [1.82, 2.24) is 5.32 Å². The third-order valence-corrected chi connectivity index (χ3v) is 4.72. The Morgan fingerprint density at radius 2 is 2.00 bits per heavy atom. The Hall–Kier alpha value is -1.61. The monoisotopic (exact) mass is 478 g/mol. The minimum absolute atomic E-state index is 0.0442. The normalized spacial score (nSPS) is 13.5. The molecule has 1 aliphatic carbocycles. The van der Waals surface area contributed by atoms with E-state index in [2.05, 4.69) is 33.2 Å². The van der Waals surface area contributed by atoms with E-state index in [1.807, 2.05) is 0 Å². The number of carbonyl (C=O) groups excluding carboxylic acids is 1. The Balaban J connectivity index is 2.05. The first-order chi connectivity index (χ1) is 11.9. The summed E-state index contributed by atoms with van der Waals surface area (Å²) in [6, 6.07) is 6.32. The Kier molecular flexibility index (Phi) is 5.33. The summed E-state index contributed by atoms with van der Waals surface area (Å²) < 4.78 is 34.4. The van der Waals surface area contributed by atoms with Gasteiger partial charge in [0.2, 0.25) is 5.82 Å². The summed E-state index contributed by atoms with van der Waals surface area (Å²) in [7, 11) is 1.21. The van der Waals surface area contributed by atoms with Crippen molar-refractivity contribution in [3.8, 4) is 5.75 Å². The molecule has 0 heterocycles. The van der Waals surface area contributed by atoms with E-state index in [1.54, 1.807) is 18.2 Å². The van der Waals surface area contributed by atoms with E-state index in [4.69, 9.17) is 16.3 Å². The average molecular weight is 479 g/mol. The first kappa shape index (κ1) is 18.2. The molecule has 2 N–H and O–H groups in total. The fourth-order valence-corrected chi connectivity index (χ4v) is 3.17. The largest absolute Gasteiger partial charge is 0.494 e. The number of anilines is 2. The Labute approximate surface area is 162 Å². The van der Waals surface area contributed by atoms with Crippen molar-refractivity contribution in [3.05, 3.63) is 50.1 Å². The predicted octanol–water partition coefficient (Wildman–Crippen LogP) is 4.87. The molecule has 4 nitrogen and oxygen atoms in total.